The second kappa shape index (κ2) is 9.75. The Morgan fingerprint density at radius 3 is 2.45 bits per heavy atom. The number of piperidine rings is 1. The lowest BCUT2D eigenvalue weighted by molar-refractivity contribution is -0.132. The van der Waals surface area contributed by atoms with Gasteiger partial charge in [0.1, 0.15) is 28.7 Å². The molecule has 174 valence electrons. The van der Waals surface area contributed by atoms with E-state index in [0.29, 0.717) is 46.8 Å². The van der Waals surface area contributed by atoms with Gasteiger partial charge in [-0.1, -0.05) is 13.3 Å². The summed E-state index contributed by atoms with van der Waals surface area (Å²) < 4.78 is 30.8. The molecule has 1 saturated heterocycles. The monoisotopic (exact) mass is 453 g/mol. The van der Waals surface area contributed by atoms with Crippen molar-refractivity contribution in [3.63, 3.8) is 0 Å². The predicted octanol–water partition coefficient (Wildman–Crippen LogP) is 5.51. The zero-order valence-electron chi connectivity index (χ0n) is 19.2. The van der Waals surface area contributed by atoms with Crippen LogP contribution in [0.5, 0.6) is 17.2 Å². The summed E-state index contributed by atoms with van der Waals surface area (Å²) in [6.45, 7) is 7.37. The van der Waals surface area contributed by atoms with Crippen molar-refractivity contribution >= 4 is 16.9 Å². The number of halogens is 1. The summed E-state index contributed by atoms with van der Waals surface area (Å²) in [5.74, 6) is 0.358. The fourth-order valence-electron chi connectivity index (χ4n) is 4.29. The molecule has 3 aromatic rings. The van der Waals surface area contributed by atoms with Crippen LogP contribution in [0, 0.1) is 12.7 Å². The number of hydrogen-bond donors (Lipinski definition) is 0. The summed E-state index contributed by atoms with van der Waals surface area (Å²) in [5, 5.41) is 0.373. The van der Waals surface area contributed by atoms with Gasteiger partial charge in [0.05, 0.1) is 10.9 Å². The smallest absolute Gasteiger partial charge is 0.308 e. The molecule has 2 aromatic carbocycles. The molecule has 1 aliphatic rings. The maximum absolute atomic E-state index is 13.5. The lowest BCUT2D eigenvalue weighted by atomic mass is 10.00. The van der Waals surface area contributed by atoms with E-state index in [9.17, 15) is 14.0 Å². The minimum atomic E-state index is -0.417. The molecule has 0 saturated carbocycles. The van der Waals surface area contributed by atoms with E-state index in [2.05, 4.69) is 4.90 Å². The normalized spacial score (nSPS) is 14.4. The van der Waals surface area contributed by atoms with E-state index in [0.717, 1.165) is 31.5 Å². The first-order chi connectivity index (χ1) is 15.9. The van der Waals surface area contributed by atoms with Gasteiger partial charge < -0.3 is 13.9 Å². The highest BCUT2D eigenvalue weighted by Crippen LogP contribution is 2.36. The molecule has 0 atom stereocenters. The number of benzene rings is 2. The molecule has 6 nitrogen and oxygen atoms in total. The zero-order valence-corrected chi connectivity index (χ0v) is 19.2. The first-order valence-electron chi connectivity index (χ1n) is 11.3. The van der Waals surface area contributed by atoms with Gasteiger partial charge in [-0.05, 0) is 75.2 Å². The molecule has 33 heavy (non-hydrogen) atoms. The molecule has 0 aliphatic carbocycles. The van der Waals surface area contributed by atoms with Gasteiger partial charge in [0.25, 0.3) is 0 Å². The second-order valence-corrected chi connectivity index (χ2v) is 8.38. The number of carbonyl (C=O) groups excluding carboxylic acids is 1. The van der Waals surface area contributed by atoms with E-state index in [1.807, 2.05) is 6.92 Å². The SMILES string of the molecule is CCc1cc2c(=O)c(Oc3ccc(F)cc3)c(C)oc2c(CN2CCCCC2)c1OC(C)=O. The van der Waals surface area contributed by atoms with E-state index < -0.39 is 11.8 Å². The van der Waals surface area contributed by atoms with Crippen molar-refractivity contribution in [1.29, 1.82) is 0 Å². The molecule has 1 aromatic heterocycles. The van der Waals surface area contributed by atoms with Gasteiger partial charge in [-0.2, -0.15) is 0 Å². The van der Waals surface area contributed by atoms with Crippen LogP contribution in [-0.4, -0.2) is 24.0 Å². The summed E-state index contributed by atoms with van der Waals surface area (Å²) >= 11 is 0. The van der Waals surface area contributed by atoms with Crippen molar-refractivity contribution in [2.24, 2.45) is 0 Å². The van der Waals surface area contributed by atoms with Crippen molar-refractivity contribution in [2.75, 3.05) is 13.1 Å². The van der Waals surface area contributed by atoms with Crippen LogP contribution in [0.1, 0.15) is 50.0 Å². The van der Waals surface area contributed by atoms with Crippen LogP contribution in [0.3, 0.4) is 0 Å². The number of hydrogen-bond acceptors (Lipinski definition) is 6. The number of aryl methyl sites for hydroxylation is 2. The van der Waals surface area contributed by atoms with Gasteiger partial charge in [0.2, 0.25) is 11.2 Å². The lowest BCUT2D eigenvalue weighted by Crippen LogP contribution is -2.29. The van der Waals surface area contributed by atoms with Gasteiger partial charge in [0.15, 0.2) is 0 Å². The van der Waals surface area contributed by atoms with Crippen molar-refractivity contribution in [3.8, 4) is 17.2 Å². The first-order valence-corrected chi connectivity index (χ1v) is 11.3. The molecule has 0 radical (unpaired) electrons. The Morgan fingerprint density at radius 2 is 1.82 bits per heavy atom. The fourth-order valence-corrected chi connectivity index (χ4v) is 4.29. The van der Waals surface area contributed by atoms with Crippen LogP contribution < -0.4 is 14.9 Å². The summed E-state index contributed by atoms with van der Waals surface area (Å²) in [5.41, 5.74) is 1.55. The van der Waals surface area contributed by atoms with E-state index in [1.165, 1.54) is 37.6 Å². The summed E-state index contributed by atoms with van der Waals surface area (Å²) in [7, 11) is 0. The third-order valence-corrected chi connectivity index (χ3v) is 5.92. The van der Waals surface area contributed by atoms with E-state index in [4.69, 9.17) is 13.9 Å². The molecule has 0 bridgehead atoms. The van der Waals surface area contributed by atoms with Crippen molar-refractivity contribution in [3.05, 3.63) is 63.3 Å². The molecular weight excluding hydrogens is 425 g/mol. The van der Waals surface area contributed by atoms with Crippen molar-refractivity contribution in [2.45, 2.75) is 53.0 Å². The second-order valence-electron chi connectivity index (χ2n) is 8.38. The number of nitrogens with zero attached hydrogens (tertiary/aromatic N) is 1. The number of likely N-dealkylation sites (tertiary alicyclic amines) is 1. The Kier molecular flexibility index (Phi) is 6.79. The number of rotatable bonds is 6. The average molecular weight is 454 g/mol. The van der Waals surface area contributed by atoms with Gasteiger partial charge in [-0.15, -0.1) is 0 Å². The van der Waals surface area contributed by atoms with Crippen LogP contribution in [0.2, 0.25) is 0 Å². The summed E-state index contributed by atoms with van der Waals surface area (Å²) in [6.07, 6.45) is 3.98. The third kappa shape index (κ3) is 4.93. The Labute approximate surface area is 191 Å². The Bertz CT molecular complexity index is 1230. The summed E-state index contributed by atoms with van der Waals surface area (Å²) in [4.78, 5) is 27.7. The van der Waals surface area contributed by atoms with E-state index >= 15 is 0 Å². The highest BCUT2D eigenvalue weighted by Gasteiger charge is 2.24. The highest BCUT2D eigenvalue weighted by molar-refractivity contribution is 5.86. The highest BCUT2D eigenvalue weighted by atomic mass is 19.1. The molecule has 1 fully saturated rings. The van der Waals surface area contributed by atoms with Crippen molar-refractivity contribution < 1.29 is 23.1 Å². The van der Waals surface area contributed by atoms with Gasteiger partial charge in [0, 0.05) is 13.5 Å². The van der Waals surface area contributed by atoms with Crippen LogP contribution in [0.25, 0.3) is 11.0 Å². The standard InChI is InChI=1S/C26H28FNO5/c1-4-18-14-21-23(30)24(33-20-10-8-19(27)9-11-20)16(2)31-26(21)22(25(18)32-17(3)29)15-28-12-6-5-7-13-28/h8-11,14H,4-7,12-13,15H2,1-3H3. The number of esters is 1. The van der Waals surface area contributed by atoms with Gasteiger partial charge >= 0.3 is 5.97 Å². The Hall–Kier alpha value is -3.19. The molecular formula is C26H28FNO5. The topological polar surface area (TPSA) is 69.0 Å². The molecule has 7 heteroatoms. The summed E-state index contributed by atoms with van der Waals surface area (Å²) in [6, 6.07) is 7.17. The van der Waals surface area contributed by atoms with Gasteiger partial charge in [-0.25, -0.2) is 4.39 Å². The molecule has 4 rings (SSSR count). The zero-order chi connectivity index (χ0) is 23.5. The number of ether oxygens (including phenoxy) is 2. The Morgan fingerprint density at radius 1 is 1.12 bits per heavy atom. The molecule has 2 heterocycles. The van der Waals surface area contributed by atoms with E-state index in [1.54, 1.807) is 13.0 Å². The Balaban J connectivity index is 1.88. The predicted molar refractivity (Wildman–Crippen MR) is 124 cm³/mol. The molecule has 0 amide bonds. The minimum absolute atomic E-state index is 0.0559. The molecule has 1 aliphatic heterocycles. The van der Waals surface area contributed by atoms with Crippen LogP contribution in [0.4, 0.5) is 4.39 Å². The largest absolute Gasteiger partial charge is 0.457 e. The fraction of sp³-hybridized carbons (Fsp3) is 0.385. The van der Waals surface area contributed by atoms with Gasteiger partial charge in [-0.3, -0.25) is 14.5 Å². The van der Waals surface area contributed by atoms with Crippen LogP contribution in [0.15, 0.2) is 39.5 Å². The molecule has 0 unspecified atom stereocenters. The first kappa shape index (κ1) is 23.0. The van der Waals surface area contributed by atoms with Crippen molar-refractivity contribution in [1.82, 2.24) is 4.90 Å². The molecule has 0 N–H and O–H groups in total. The maximum Gasteiger partial charge on any atom is 0.308 e. The minimum Gasteiger partial charge on any atom is -0.457 e. The average Bonchev–Trinajstić information content (AvgIpc) is 2.80. The number of fused-ring (bicyclic) bond motifs is 1. The molecule has 0 spiro atoms. The third-order valence-electron chi connectivity index (χ3n) is 5.92. The lowest BCUT2D eigenvalue weighted by Gasteiger charge is -2.28. The maximum atomic E-state index is 13.5. The van der Waals surface area contributed by atoms with Crippen LogP contribution in [-0.2, 0) is 17.8 Å². The van der Waals surface area contributed by atoms with Crippen LogP contribution >= 0.6 is 0 Å². The van der Waals surface area contributed by atoms with E-state index in [-0.39, 0.29) is 11.2 Å². The quantitative estimate of drug-likeness (QED) is 0.362. The number of carbonyl (C=O) groups is 1.